The lowest BCUT2D eigenvalue weighted by molar-refractivity contribution is -0.151. The van der Waals surface area contributed by atoms with Gasteiger partial charge in [0, 0.05) is 19.5 Å². The Morgan fingerprint density at radius 2 is 1.37 bits per heavy atom. The van der Waals surface area contributed by atoms with Gasteiger partial charge in [-0.3, -0.25) is 9.59 Å². The third kappa shape index (κ3) is 10.3. The minimum absolute atomic E-state index is 0.00740. The highest BCUT2D eigenvalue weighted by molar-refractivity contribution is 5.77. The number of amides is 1. The quantitative estimate of drug-likeness (QED) is 0.219. The van der Waals surface area contributed by atoms with Crippen LogP contribution in [0.4, 0.5) is 0 Å². The molecule has 4 heteroatoms. The zero-order valence-electron chi connectivity index (χ0n) is 19.7. The van der Waals surface area contributed by atoms with Crippen LogP contribution in [0.25, 0.3) is 0 Å². The van der Waals surface area contributed by atoms with E-state index in [1.807, 2.05) is 4.90 Å². The average Bonchev–Trinajstić information content (AvgIpc) is 3.29. The van der Waals surface area contributed by atoms with Gasteiger partial charge < -0.3 is 9.64 Å². The van der Waals surface area contributed by atoms with Gasteiger partial charge in [-0.05, 0) is 31.6 Å². The molecule has 1 aliphatic carbocycles. The minimum atomic E-state index is -0.0380. The lowest BCUT2D eigenvalue weighted by Gasteiger charge is -2.31. The topological polar surface area (TPSA) is 46.6 Å². The summed E-state index contributed by atoms with van der Waals surface area (Å²) in [6.07, 6.45) is 21.5. The average molecular weight is 422 g/mol. The molecule has 2 rings (SSSR count). The van der Waals surface area contributed by atoms with Crippen LogP contribution < -0.4 is 0 Å². The lowest BCUT2D eigenvalue weighted by Crippen LogP contribution is -2.40. The number of rotatable bonds is 15. The van der Waals surface area contributed by atoms with Gasteiger partial charge in [-0.1, -0.05) is 90.4 Å². The Hall–Kier alpha value is -1.06. The first-order chi connectivity index (χ1) is 14.7. The molecule has 0 aromatic carbocycles. The number of carbonyl (C=O) groups is 2. The van der Waals surface area contributed by atoms with E-state index in [1.54, 1.807) is 0 Å². The van der Waals surface area contributed by atoms with E-state index in [0.29, 0.717) is 18.9 Å². The van der Waals surface area contributed by atoms with Gasteiger partial charge in [-0.15, -0.1) is 0 Å². The molecule has 0 aromatic rings. The second-order valence-electron chi connectivity index (χ2n) is 9.69. The zero-order chi connectivity index (χ0) is 21.4. The van der Waals surface area contributed by atoms with Crippen LogP contribution in [0.3, 0.4) is 0 Å². The minimum Gasteiger partial charge on any atom is -0.465 e. The zero-order valence-corrected chi connectivity index (χ0v) is 19.7. The van der Waals surface area contributed by atoms with E-state index in [4.69, 9.17) is 4.74 Å². The number of nitrogens with zero attached hydrogens (tertiary/aromatic N) is 1. The first-order valence-corrected chi connectivity index (χ1v) is 13.1. The van der Waals surface area contributed by atoms with Crippen molar-refractivity contribution in [1.29, 1.82) is 0 Å². The number of hydrogen-bond acceptors (Lipinski definition) is 3. The normalized spacial score (nSPS) is 18.1. The fourth-order valence-electron chi connectivity index (χ4n) is 5.03. The smallest absolute Gasteiger partial charge is 0.309 e. The van der Waals surface area contributed by atoms with Crippen molar-refractivity contribution in [1.82, 2.24) is 4.90 Å². The van der Waals surface area contributed by atoms with Crippen LogP contribution in [0, 0.1) is 11.8 Å². The summed E-state index contributed by atoms with van der Waals surface area (Å²) in [7, 11) is 0. The molecule has 0 unspecified atom stereocenters. The van der Waals surface area contributed by atoms with Gasteiger partial charge in [0.15, 0.2) is 0 Å². The molecule has 1 amide bonds. The summed E-state index contributed by atoms with van der Waals surface area (Å²) in [6, 6.07) is 0. The SMILES string of the molecule is CCCCCCCCCCCCOC(=O)C1CCN(C(=O)CCC2CCCC2)CC1. The van der Waals surface area contributed by atoms with Gasteiger partial charge in [0.1, 0.15) is 0 Å². The van der Waals surface area contributed by atoms with Crippen molar-refractivity contribution in [2.75, 3.05) is 19.7 Å². The summed E-state index contributed by atoms with van der Waals surface area (Å²) in [5.41, 5.74) is 0. The summed E-state index contributed by atoms with van der Waals surface area (Å²) in [6.45, 7) is 4.27. The first kappa shape index (κ1) is 25.2. The maximum atomic E-state index is 12.4. The Morgan fingerprint density at radius 3 is 1.97 bits per heavy atom. The van der Waals surface area contributed by atoms with Crippen LogP contribution in [-0.2, 0) is 14.3 Å². The third-order valence-electron chi connectivity index (χ3n) is 7.16. The molecule has 0 atom stereocenters. The highest BCUT2D eigenvalue weighted by Gasteiger charge is 2.28. The second-order valence-corrected chi connectivity index (χ2v) is 9.69. The van der Waals surface area contributed by atoms with Gasteiger partial charge in [-0.25, -0.2) is 0 Å². The summed E-state index contributed by atoms with van der Waals surface area (Å²) in [5, 5.41) is 0. The van der Waals surface area contributed by atoms with Crippen molar-refractivity contribution in [2.24, 2.45) is 11.8 Å². The van der Waals surface area contributed by atoms with E-state index in [9.17, 15) is 9.59 Å². The van der Waals surface area contributed by atoms with Crippen molar-refractivity contribution in [3.8, 4) is 0 Å². The molecule has 174 valence electrons. The van der Waals surface area contributed by atoms with Gasteiger partial charge in [0.25, 0.3) is 0 Å². The Kier molecular flexibility index (Phi) is 13.2. The van der Waals surface area contributed by atoms with Crippen LogP contribution in [0.1, 0.15) is 122 Å². The number of likely N-dealkylation sites (tertiary alicyclic amines) is 1. The summed E-state index contributed by atoms with van der Waals surface area (Å²) >= 11 is 0. The maximum Gasteiger partial charge on any atom is 0.309 e. The van der Waals surface area contributed by atoms with Gasteiger partial charge in [0.2, 0.25) is 5.91 Å². The largest absolute Gasteiger partial charge is 0.465 e. The molecule has 30 heavy (non-hydrogen) atoms. The van der Waals surface area contributed by atoms with Crippen LogP contribution in [0.2, 0.25) is 0 Å². The van der Waals surface area contributed by atoms with Crippen molar-refractivity contribution >= 4 is 11.9 Å². The molecule has 2 fully saturated rings. The molecular weight excluding hydrogens is 374 g/mol. The van der Waals surface area contributed by atoms with Crippen LogP contribution in [0.15, 0.2) is 0 Å². The van der Waals surface area contributed by atoms with Crippen molar-refractivity contribution in [3.05, 3.63) is 0 Å². The van der Waals surface area contributed by atoms with Crippen LogP contribution in [-0.4, -0.2) is 36.5 Å². The number of carbonyl (C=O) groups excluding carboxylic acids is 2. The molecule has 0 N–H and O–H groups in total. The molecule has 1 saturated carbocycles. The monoisotopic (exact) mass is 421 g/mol. The molecule has 0 bridgehead atoms. The lowest BCUT2D eigenvalue weighted by atomic mass is 9.96. The van der Waals surface area contributed by atoms with E-state index >= 15 is 0 Å². The van der Waals surface area contributed by atoms with E-state index < -0.39 is 0 Å². The standard InChI is InChI=1S/C26H47NO3/c1-2-3-4-5-6-7-8-9-10-13-22-30-26(29)24-18-20-27(21-19-24)25(28)17-16-23-14-11-12-15-23/h23-24H,2-22H2,1H3. The molecular formula is C26H47NO3. The number of hydrogen-bond donors (Lipinski definition) is 0. The van der Waals surface area contributed by atoms with Gasteiger partial charge in [0.05, 0.1) is 12.5 Å². The predicted octanol–water partition coefficient (Wildman–Crippen LogP) is 6.66. The van der Waals surface area contributed by atoms with E-state index in [0.717, 1.165) is 51.1 Å². The molecule has 2 aliphatic rings. The Labute approximate surface area is 185 Å². The highest BCUT2D eigenvalue weighted by Crippen LogP contribution is 2.29. The first-order valence-electron chi connectivity index (χ1n) is 13.1. The summed E-state index contributed by atoms with van der Waals surface area (Å²) in [5.74, 6) is 1.02. The predicted molar refractivity (Wildman–Crippen MR) is 123 cm³/mol. The molecule has 0 aromatic heterocycles. The number of esters is 1. The molecule has 4 nitrogen and oxygen atoms in total. The summed E-state index contributed by atoms with van der Waals surface area (Å²) < 4.78 is 5.52. The van der Waals surface area contributed by atoms with E-state index in [-0.39, 0.29) is 11.9 Å². The molecule has 0 spiro atoms. The fourth-order valence-corrected chi connectivity index (χ4v) is 5.03. The van der Waals surface area contributed by atoms with Crippen LogP contribution in [0.5, 0.6) is 0 Å². The maximum absolute atomic E-state index is 12.4. The van der Waals surface area contributed by atoms with Crippen molar-refractivity contribution in [2.45, 2.75) is 122 Å². The molecule has 1 saturated heterocycles. The number of ether oxygens (including phenoxy) is 1. The molecule has 1 aliphatic heterocycles. The molecule has 1 heterocycles. The van der Waals surface area contributed by atoms with Crippen molar-refractivity contribution in [3.63, 3.8) is 0 Å². The van der Waals surface area contributed by atoms with Crippen LogP contribution >= 0.6 is 0 Å². The Bertz CT molecular complexity index is 465. The fraction of sp³-hybridized carbons (Fsp3) is 0.923. The van der Waals surface area contributed by atoms with E-state index in [2.05, 4.69) is 6.92 Å². The van der Waals surface area contributed by atoms with Crippen molar-refractivity contribution < 1.29 is 14.3 Å². The number of unbranched alkanes of at least 4 members (excludes halogenated alkanes) is 9. The third-order valence-corrected chi connectivity index (χ3v) is 7.16. The Balaban J connectivity index is 1.43. The summed E-state index contributed by atoms with van der Waals surface area (Å²) in [4.78, 5) is 26.7. The van der Waals surface area contributed by atoms with Gasteiger partial charge >= 0.3 is 5.97 Å². The number of piperidine rings is 1. The Morgan fingerprint density at radius 1 is 0.800 bits per heavy atom. The molecule has 0 radical (unpaired) electrons. The van der Waals surface area contributed by atoms with Gasteiger partial charge in [-0.2, -0.15) is 0 Å². The second kappa shape index (κ2) is 15.7. The highest BCUT2D eigenvalue weighted by atomic mass is 16.5. The van der Waals surface area contributed by atoms with E-state index in [1.165, 1.54) is 77.0 Å².